The lowest BCUT2D eigenvalue weighted by molar-refractivity contribution is -0.346. The van der Waals surface area contributed by atoms with E-state index in [4.69, 9.17) is 32.8 Å². The molecule has 1 saturated heterocycles. The number of amides is 1. The molecule has 3 fully saturated rings. The van der Waals surface area contributed by atoms with Gasteiger partial charge >= 0.3 is 30.0 Å². The van der Waals surface area contributed by atoms with Gasteiger partial charge in [-0.05, 0) is 54.8 Å². The van der Waals surface area contributed by atoms with E-state index in [0.29, 0.717) is 5.56 Å². The molecule has 3 aliphatic carbocycles. The van der Waals surface area contributed by atoms with Crippen molar-refractivity contribution in [2.24, 2.45) is 16.7 Å². The third-order valence-corrected chi connectivity index (χ3v) is 13.3. The molecule has 7 rings (SSSR count). The van der Waals surface area contributed by atoms with Crippen LogP contribution in [0, 0.1) is 16.7 Å². The first-order valence-electron chi connectivity index (χ1n) is 20.6. The molecule has 11 atom stereocenters. The molecule has 336 valence electrons. The van der Waals surface area contributed by atoms with Crippen LogP contribution in [0.2, 0.25) is 0 Å². The second-order valence-electron chi connectivity index (χ2n) is 17.3. The number of ether oxygens (including phenoxy) is 6. The Morgan fingerprint density at radius 1 is 0.905 bits per heavy atom. The maximum absolute atomic E-state index is 15.5. The van der Waals surface area contributed by atoms with Gasteiger partial charge in [0.1, 0.15) is 42.3 Å². The summed E-state index contributed by atoms with van der Waals surface area (Å²) in [7, 11) is 0. The number of nitrogens with one attached hydrogen (secondary N) is 1. The Morgan fingerprint density at radius 2 is 1.57 bits per heavy atom. The summed E-state index contributed by atoms with van der Waals surface area (Å²) in [6, 6.07) is 17.9. The summed E-state index contributed by atoms with van der Waals surface area (Å²) >= 11 is 0. The van der Waals surface area contributed by atoms with Crippen molar-refractivity contribution < 1.29 is 76.9 Å². The van der Waals surface area contributed by atoms with Crippen LogP contribution in [0.4, 0.5) is 4.79 Å². The molecular weight excluding hydrogens is 822 g/mol. The van der Waals surface area contributed by atoms with Crippen molar-refractivity contribution >= 4 is 35.8 Å². The molecule has 1 aromatic heterocycles. The molecule has 4 N–H and O–H groups in total. The highest BCUT2D eigenvalue weighted by atomic mass is 16.6. The number of aliphatic hydroxyl groups excluding tert-OH is 2. The number of carbonyl (C=O) groups excluding carboxylic acids is 6. The quantitative estimate of drug-likeness (QED) is 0.122. The lowest BCUT2D eigenvalue weighted by Gasteiger charge is -2.67. The van der Waals surface area contributed by atoms with Crippen LogP contribution in [0.5, 0.6) is 0 Å². The standard InChI is InChI=1S/C46H51NO16/c1-24-30(61-41(54)35(51)34(29-18-13-19-57-29)47-42(55)58-22-27-14-9-7-10-15-27)21-46(56)39(62-40(53)28-16-11-8-12-17-28)37-44(6,31(50)20-32-45(37,23-59-32)63-26(3)49)38(52)36(60-25(2)48)33(24)43(46,4)5/h7-19,30-32,34-37,39,50-51,56H,20-23H2,1-6H3,(H,47,55)/t30?,31?,32?,34?,35?,36?,37?,39?,44-,45+,46?/m1/s1. The Morgan fingerprint density at radius 3 is 2.16 bits per heavy atom. The van der Waals surface area contributed by atoms with Gasteiger partial charge in [-0.2, -0.15) is 0 Å². The Balaban J connectivity index is 1.34. The van der Waals surface area contributed by atoms with E-state index >= 15 is 4.79 Å². The molecule has 0 radical (unpaired) electrons. The number of esters is 4. The van der Waals surface area contributed by atoms with E-state index in [1.165, 1.54) is 44.4 Å². The van der Waals surface area contributed by atoms with E-state index < -0.39 is 113 Å². The number of fused-ring (bicyclic) bond motifs is 5. The van der Waals surface area contributed by atoms with Gasteiger partial charge in [0.25, 0.3) is 0 Å². The van der Waals surface area contributed by atoms with E-state index in [1.807, 2.05) is 0 Å². The normalized spacial score (nSPS) is 31.5. The second-order valence-corrected chi connectivity index (χ2v) is 17.3. The molecule has 17 nitrogen and oxygen atoms in total. The number of aliphatic hydroxyl groups is 3. The predicted molar refractivity (Wildman–Crippen MR) is 216 cm³/mol. The first-order valence-corrected chi connectivity index (χ1v) is 20.6. The van der Waals surface area contributed by atoms with Gasteiger partial charge in [0.15, 0.2) is 23.6 Å². The molecule has 9 unspecified atom stereocenters. The third kappa shape index (κ3) is 7.81. The molecule has 0 spiro atoms. The first-order chi connectivity index (χ1) is 29.8. The van der Waals surface area contributed by atoms with Crippen molar-refractivity contribution in [3.05, 3.63) is 107 Å². The third-order valence-electron chi connectivity index (χ3n) is 13.3. The van der Waals surface area contributed by atoms with E-state index in [2.05, 4.69) is 5.32 Å². The molecule has 1 amide bonds. The number of hydrogen-bond acceptors (Lipinski definition) is 16. The minimum absolute atomic E-state index is 0.0323. The van der Waals surface area contributed by atoms with Crippen LogP contribution in [0.1, 0.15) is 82.1 Å². The van der Waals surface area contributed by atoms with Crippen LogP contribution >= 0.6 is 0 Å². The summed E-state index contributed by atoms with van der Waals surface area (Å²) in [5.74, 6) is -6.47. The average Bonchev–Trinajstić information content (AvgIpc) is 3.78. The van der Waals surface area contributed by atoms with Gasteiger partial charge in [0.05, 0.1) is 35.9 Å². The second kappa shape index (κ2) is 17.0. The van der Waals surface area contributed by atoms with Gasteiger partial charge in [0, 0.05) is 32.1 Å². The molecule has 2 heterocycles. The SMILES string of the molecule is CC(=O)OC1C(=O)[C@]2(C)C(O)CC3OC[C@@]3(OC(C)=O)C2C(OC(=O)c2ccccc2)C2(O)CC(OC(=O)C(O)C(NC(=O)OCc3ccccc3)c3ccco3)C(C)=C1C2(C)C. The molecule has 63 heavy (non-hydrogen) atoms. The number of carbonyl (C=O) groups is 6. The highest BCUT2D eigenvalue weighted by Crippen LogP contribution is 2.64. The minimum Gasteiger partial charge on any atom is -0.467 e. The zero-order valence-electron chi connectivity index (χ0n) is 35.6. The summed E-state index contributed by atoms with van der Waals surface area (Å²) in [6.45, 7) is 7.71. The summed E-state index contributed by atoms with van der Waals surface area (Å²) in [5, 5.41) is 39.8. The van der Waals surface area contributed by atoms with Gasteiger partial charge < -0.3 is 53.5 Å². The Bertz CT molecular complexity index is 2280. The van der Waals surface area contributed by atoms with Crippen LogP contribution in [0.3, 0.4) is 0 Å². The number of rotatable bonds is 11. The topological polar surface area (TPSA) is 244 Å². The van der Waals surface area contributed by atoms with Crippen LogP contribution < -0.4 is 5.32 Å². The average molecular weight is 874 g/mol. The number of ketones is 1. The smallest absolute Gasteiger partial charge is 0.408 e. The number of alkyl carbamates (subject to hydrolysis) is 1. The van der Waals surface area contributed by atoms with E-state index in [0.717, 1.165) is 13.8 Å². The highest BCUT2D eigenvalue weighted by molar-refractivity contribution is 5.95. The van der Waals surface area contributed by atoms with Crippen molar-refractivity contribution in [1.82, 2.24) is 5.32 Å². The van der Waals surface area contributed by atoms with E-state index in [1.54, 1.807) is 62.4 Å². The molecule has 4 aliphatic rings. The zero-order valence-corrected chi connectivity index (χ0v) is 35.6. The summed E-state index contributed by atoms with van der Waals surface area (Å²) in [5.41, 5.74) is -7.14. The molecular formula is C46H51NO16. The number of Topliss-reactive ketones (excluding diaryl/α,β-unsaturated/α-hetero) is 1. The fourth-order valence-electron chi connectivity index (χ4n) is 10.0. The van der Waals surface area contributed by atoms with Gasteiger partial charge in [0.2, 0.25) is 0 Å². The van der Waals surface area contributed by atoms with Crippen molar-refractivity contribution in [2.45, 2.75) is 115 Å². The maximum Gasteiger partial charge on any atom is 0.408 e. The Labute approximate surface area is 362 Å². The van der Waals surface area contributed by atoms with Crippen LogP contribution in [-0.2, 0) is 54.2 Å². The lowest BCUT2D eigenvalue weighted by atomic mass is 9.44. The predicted octanol–water partition coefficient (Wildman–Crippen LogP) is 3.83. The number of hydrogen-bond donors (Lipinski definition) is 4. The van der Waals surface area contributed by atoms with Crippen molar-refractivity contribution in [1.29, 1.82) is 0 Å². The van der Waals surface area contributed by atoms with Gasteiger partial charge in [-0.1, -0.05) is 62.4 Å². The molecule has 2 bridgehead atoms. The first kappa shape index (κ1) is 45.2. The monoisotopic (exact) mass is 873 g/mol. The van der Waals surface area contributed by atoms with Crippen molar-refractivity contribution in [3.63, 3.8) is 0 Å². The largest absolute Gasteiger partial charge is 0.467 e. The van der Waals surface area contributed by atoms with E-state index in [9.17, 15) is 39.3 Å². The van der Waals surface area contributed by atoms with Gasteiger partial charge in [-0.25, -0.2) is 14.4 Å². The van der Waals surface area contributed by atoms with Crippen molar-refractivity contribution in [3.8, 4) is 0 Å². The number of benzene rings is 2. The van der Waals surface area contributed by atoms with Crippen LogP contribution in [-0.4, -0.2) is 106 Å². The summed E-state index contributed by atoms with van der Waals surface area (Å²) < 4.78 is 40.9. The van der Waals surface area contributed by atoms with Gasteiger partial charge in [-0.3, -0.25) is 14.4 Å². The number of furan rings is 1. The Hall–Kier alpha value is -5.88. The fraction of sp³-hybridized carbons (Fsp3) is 0.478. The molecule has 3 aromatic rings. The molecule has 1 aliphatic heterocycles. The van der Waals surface area contributed by atoms with Crippen LogP contribution in [0.25, 0.3) is 0 Å². The maximum atomic E-state index is 15.5. The Kier molecular flexibility index (Phi) is 12.2. The molecule has 2 saturated carbocycles. The summed E-state index contributed by atoms with van der Waals surface area (Å²) in [6.07, 6.45) is -10.6. The van der Waals surface area contributed by atoms with Gasteiger partial charge in [-0.15, -0.1) is 0 Å². The van der Waals surface area contributed by atoms with E-state index in [-0.39, 0.29) is 42.1 Å². The molecule has 2 aromatic carbocycles. The van der Waals surface area contributed by atoms with Crippen LogP contribution in [0.15, 0.2) is 94.6 Å². The summed E-state index contributed by atoms with van der Waals surface area (Å²) in [4.78, 5) is 82.9. The molecule has 17 heteroatoms. The minimum atomic E-state index is -2.42. The van der Waals surface area contributed by atoms with Crippen molar-refractivity contribution in [2.75, 3.05) is 6.61 Å². The zero-order chi connectivity index (χ0) is 45.6. The highest BCUT2D eigenvalue weighted by Gasteiger charge is 2.78. The fourth-order valence-corrected chi connectivity index (χ4v) is 10.0. The lowest BCUT2D eigenvalue weighted by Crippen LogP contribution is -2.82.